The summed E-state index contributed by atoms with van der Waals surface area (Å²) in [7, 11) is -2.71. The molecule has 0 saturated carbocycles. The Morgan fingerprint density at radius 2 is 1.55 bits per heavy atom. The fourth-order valence-corrected chi connectivity index (χ4v) is 5.75. The second-order valence-corrected chi connectivity index (χ2v) is 11.9. The average molecular weight is 566 g/mol. The number of para-hydroxylation sites is 2. The van der Waals surface area contributed by atoms with E-state index in [1.54, 1.807) is 42.5 Å². The Hall–Kier alpha value is -3.85. The largest absolute Gasteiger partial charge is 0.495 e. The van der Waals surface area contributed by atoms with Gasteiger partial charge in [-0.05, 0) is 49.1 Å². The van der Waals surface area contributed by atoms with Crippen LogP contribution in [0, 0.1) is 12.8 Å². The number of carbonyl (C=O) groups is 2. The first kappa shape index (κ1) is 30.7. The van der Waals surface area contributed by atoms with E-state index in [1.165, 1.54) is 24.1 Å². The normalized spacial score (nSPS) is 12.1. The first-order valence-electron chi connectivity index (χ1n) is 13.4. The standard InChI is InChI=1S/C31H39N3O5S/c1-6-27(31(36)32-20-23(2)3)33(21-25-18-16-24(4)17-19-25)30(35)22-34(28-14-10-11-15-29(28)39-5)40(37,38)26-12-8-7-9-13-26/h7-19,23,27H,6,20-22H2,1-5H3,(H,32,36)/t27-/m0/s1. The van der Waals surface area contributed by atoms with Crippen LogP contribution < -0.4 is 14.4 Å². The van der Waals surface area contributed by atoms with Gasteiger partial charge in [-0.2, -0.15) is 0 Å². The molecule has 0 heterocycles. The smallest absolute Gasteiger partial charge is 0.264 e. The van der Waals surface area contributed by atoms with Crippen molar-refractivity contribution >= 4 is 27.5 Å². The molecule has 0 unspecified atom stereocenters. The maximum absolute atomic E-state index is 14.1. The van der Waals surface area contributed by atoms with Crippen LogP contribution in [0.15, 0.2) is 83.8 Å². The molecule has 0 saturated heterocycles. The monoisotopic (exact) mass is 565 g/mol. The lowest BCUT2D eigenvalue weighted by Crippen LogP contribution is -2.52. The second-order valence-electron chi connectivity index (χ2n) is 10.1. The number of nitrogens with one attached hydrogen (secondary N) is 1. The van der Waals surface area contributed by atoms with Gasteiger partial charge in [0.25, 0.3) is 10.0 Å². The van der Waals surface area contributed by atoms with Crippen molar-refractivity contribution in [2.45, 2.75) is 51.6 Å². The Labute approximate surface area is 238 Å². The highest BCUT2D eigenvalue weighted by molar-refractivity contribution is 7.92. The van der Waals surface area contributed by atoms with E-state index in [-0.39, 0.29) is 29.0 Å². The molecule has 0 spiro atoms. The number of amides is 2. The van der Waals surface area contributed by atoms with Crippen LogP contribution in [-0.2, 0) is 26.2 Å². The Morgan fingerprint density at radius 1 is 0.925 bits per heavy atom. The summed E-state index contributed by atoms with van der Waals surface area (Å²) in [6.07, 6.45) is 0.363. The molecular formula is C31H39N3O5S. The van der Waals surface area contributed by atoms with Gasteiger partial charge >= 0.3 is 0 Å². The highest BCUT2D eigenvalue weighted by Gasteiger charge is 2.34. The maximum atomic E-state index is 14.1. The Morgan fingerprint density at radius 3 is 2.15 bits per heavy atom. The topological polar surface area (TPSA) is 96.0 Å². The summed E-state index contributed by atoms with van der Waals surface area (Å²) in [5.41, 5.74) is 2.14. The van der Waals surface area contributed by atoms with Crippen LogP contribution in [-0.4, -0.2) is 51.4 Å². The van der Waals surface area contributed by atoms with Crippen molar-refractivity contribution in [3.63, 3.8) is 0 Å². The van der Waals surface area contributed by atoms with Crippen molar-refractivity contribution < 1.29 is 22.7 Å². The van der Waals surface area contributed by atoms with Gasteiger partial charge in [-0.25, -0.2) is 8.42 Å². The number of methoxy groups -OCH3 is 1. The molecule has 0 aliphatic carbocycles. The van der Waals surface area contributed by atoms with Crippen LogP contribution in [0.5, 0.6) is 5.75 Å². The first-order valence-corrected chi connectivity index (χ1v) is 14.9. The molecule has 9 heteroatoms. The van der Waals surface area contributed by atoms with Gasteiger partial charge in [0.05, 0.1) is 17.7 Å². The van der Waals surface area contributed by atoms with Crippen molar-refractivity contribution in [2.24, 2.45) is 5.92 Å². The van der Waals surface area contributed by atoms with Crippen molar-refractivity contribution in [3.8, 4) is 5.75 Å². The first-order chi connectivity index (χ1) is 19.1. The minimum Gasteiger partial charge on any atom is -0.495 e. The molecular weight excluding hydrogens is 526 g/mol. The summed E-state index contributed by atoms with van der Waals surface area (Å²) in [4.78, 5) is 28.9. The Balaban J connectivity index is 2.06. The fourth-order valence-electron chi connectivity index (χ4n) is 4.30. The lowest BCUT2D eigenvalue weighted by molar-refractivity contribution is -0.140. The molecule has 40 heavy (non-hydrogen) atoms. The minimum absolute atomic E-state index is 0.0421. The Kier molecular flexibility index (Phi) is 10.7. The van der Waals surface area contributed by atoms with Crippen LogP contribution in [0.1, 0.15) is 38.3 Å². The van der Waals surface area contributed by atoms with E-state index in [1.807, 2.05) is 52.0 Å². The number of aryl methyl sites for hydroxylation is 1. The van der Waals surface area contributed by atoms with Gasteiger partial charge in [0.15, 0.2) is 0 Å². The molecule has 8 nitrogen and oxygen atoms in total. The number of nitrogens with zero attached hydrogens (tertiary/aromatic N) is 2. The molecule has 0 fully saturated rings. The van der Waals surface area contributed by atoms with E-state index in [0.717, 1.165) is 15.4 Å². The zero-order chi connectivity index (χ0) is 29.3. The van der Waals surface area contributed by atoms with Gasteiger partial charge in [0, 0.05) is 13.1 Å². The van der Waals surface area contributed by atoms with Crippen molar-refractivity contribution in [1.82, 2.24) is 10.2 Å². The number of ether oxygens (including phenoxy) is 1. The SMILES string of the molecule is CC[C@@H](C(=O)NCC(C)C)N(Cc1ccc(C)cc1)C(=O)CN(c1ccccc1OC)S(=O)(=O)c1ccccc1. The molecule has 3 rings (SSSR count). The molecule has 214 valence electrons. The van der Waals surface area contributed by atoms with Gasteiger partial charge < -0.3 is 15.0 Å². The van der Waals surface area contributed by atoms with Gasteiger partial charge in [0.1, 0.15) is 18.3 Å². The quantitative estimate of drug-likeness (QED) is 0.322. The predicted octanol–water partition coefficient (Wildman–Crippen LogP) is 4.78. The van der Waals surface area contributed by atoms with Gasteiger partial charge in [-0.15, -0.1) is 0 Å². The van der Waals surface area contributed by atoms with Crippen LogP contribution in [0.25, 0.3) is 0 Å². The molecule has 2 amide bonds. The molecule has 1 N–H and O–H groups in total. The zero-order valence-corrected chi connectivity index (χ0v) is 24.6. The maximum Gasteiger partial charge on any atom is 0.264 e. The molecule has 0 aliphatic rings. The van der Waals surface area contributed by atoms with E-state index < -0.39 is 28.5 Å². The predicted molar refractivity (Wildman–Crippen MR) is 158 cm³/mol. The second kappa shape index (κ2) is 14.0. The summed E-state index contributed by atoms with van der Waals surface area (Å²) in [5.74, 6) is -0.231. The molecule has 0 bridgehead atoms. The molecule has 0 aliphatic heterocycles. The third-order valence-electron chi connectivity index (χ3n) is 6.51. The van der Waals surface area contributed by atoms with Crippen molar-refractivity contribution in [2.75, 3.05) is 24.5 Å². The molecule has 3 aromatic rings. The summed E-state index contributed by atoms with van der Waals surface area (Å²) in [6.45, 7) is 7.91. The highest BCUT2D eigenvalue weighted by Crippen LogP contribution is 2.32. The third-order valence-corrected chi connectivity index (χ3v) is 8.28. The zero-order valence-electron chi connectivity index (χ0n) is 23.8. The van der Waals surface area contributed by atoms with Crippen molar-refractivity contribution in [1.29, 1.82) is 0 Å². The van der Waals surface area contributed by atoms with E-state index in [2.05, 4.69) is 5.32 Å². The Bertz CT molecular complexity index is 1380. The van der Waals surface area contributed by atoms with Gasteiger partial charge in [-0.1, -0.05) is 80.9 Å². The van der Waals surface area contributed by atoms with E-state index in [4.69, 9.17) is 4.74 Å². The number of hydrogen-bond donors (Lipinski definition) is 1. The van der Waals surface area contributed by atoms with Crippen LogP contribution in [0.2, 0.25) is 0 Å². The molecule has 1 atom stereocenters. The number of sulfonamides is 1. The summed E-state index contributed by atoms with van der Waals surface area (Å²) in [5, 5.41) is 2.94. The number of carbonyl (C=O) groups excluding carboxylic acids is 2. The minimum atomic E-state index is -4.16. The van der Waals surface area contributed by atoms with Crippen molar-refractivity contribution in [3.05, 3.63) is 90.0 Å². The number of rotatable bonds is 13. The van der Waals surface area contributed by atoms with Crippen LogP contribution in [0.4, 0.5) is 5.69 Å². The highest BCUT2D eigenvalue weighted by atomic mass is 32.2. The number of hydrogen-bond acceptors (Lipinski definition) is 5. The van der Waals surface area contributed by atoms with Gasteiger partial charge in [-0.3, -0.25) is 13.9 Å². The average Bonchev–Trinajstić information content (AvgIpc) is 2.95. The number of benzene rings is 3. The molecule has 0 aromatic heterocycles. The summed E-state index contributed by atoms with van der Waals surface area (Å²) in [6, 6.07) is 21.5. The van der Waals surface area contributed by atoms with E-state index in [9.17, 15) is 18.0 Å². The van der Waals surface area contributed by atoms with E-state index in [0.29, 0.717) is 18.7 Å². The third kappa shape index (κ3) is 7.63. The fraction of sp³-hybridized carbons (Fsp3) is 0.355. The summed E-state index contributed by atoms with van der Waals surface area (Å²) < 4.78 is 34.4. The van der Waals surface area contributed by atoms with Crippen LogP contribution in [0.3, 0.4) is 0 Å². The summed E-state index contributed by atoms with van der Waals surface area (Å²) >= 11 is 0. The lowest BCUT2D eigenvalue weighted by atomic mass is 10.1. The lowest BCUT2D eigenvalue weighted by Gasteiger charge is -2.33. The van der Waals surface area contributed by atoms with E-state index >= 15 is 0 Å². The molecule has 0 radical (unpaired) electrons. The molecule has 3 aromatic carbocycles. The van der Waals surface area contributed by atoms with Crippen LogP contribution >= 0.6 is 0 Å². The number of anilines is 1. The van der Waals surface area contributed by atoms with Gasteiger partial charge in [0.2, 0.25) is 11.8 Å².